The van der Waals surface area contributed by atoms with Crippen molar-refractivity contribution in [2.24, 2.45) is 11.8 Å². The van der Waals surface area contributed by atoms with Crippen molar-refractivity contribution in [3.8, 4) is 0 Å². The Morgan fingerprint density at radius 2 is 2.10 bits per heavy atom. The van der Waals surface area contributed by atoms with Gasteiger partial charge in [0.1, 0.15) is 0 Å². The van der Waals surface area contributed by atoms with Crippen LogP contribution in [0.3, 0.4) is 0 Å². The van der Waals surface area contributed by atoms with E-state index in [9.17, 15) is 0 Å². The molecule has 0 aromatic heterocycles. The fraction of sp³-hybridized carbons (Fsp3) is 0.667. The van der Waals surface area contributed by atoms with Crippen molar-refractivity contribution in [1.29, 1.82) is 0 Å². The van der Waals surface area contributed by atoms with Gasteiger partial charge in [0.25, 0.3) is 0 Å². The zero-order valence-electron chi connectivity index (χ0n) is 13.7. The lowest BCUT2D eigenvalue weighted by Gasteiger charge is -2.25. The van der Waals surface area contributed by atoms with Crippen molar-refractivity contribution in [3.05, 3.63) is 28.2 Å². The molecule has 0 bridgehead atoms. The summed E-state index contributed by atoms with van der Waals surface area (Å²) in [6.07, 6.45) is 4.04. The third-order valence-electron chi connectivity index (χ3n) is 3.94. The van der Waals surface area contributed by atoms with Crippen LogP contribution in [0, 0.1) is 11.8 Å². The Kier molecular flexibility index (Phi) is 6.56. The van der Waals surface area contributed by atoms with Crippen LogP contribution in [0.25, 0.3) is 0 Å². The van der Waals surface area contributed by atoms with Gasteiger partial charge in [-0.1, -0.05) is 42.8 Å². The largest absolute Gasteiger partial charge is 0.371 e. The van der Waals surface area contributed by atoms with Crippen molar-refractivity contribution in [2.75, 3.05) is 24.5 Å². The van der Waals surface area contributed by atoms with Gasteiger partial charge in [-0.3, -0.25) is 0 Å². The summed E-state index contributed by atoms with van der Waals surface area (Å²) in [5.41, 5.74) is 2.71. The van der Waals surface area contributed by atoms with Crippen molar-refractivity contribution in [1.82, 2.24) is 5.32 Å². The van der Waals surface area contributed by atoms with Crippen LogP contribution in [0.2, 0.25) is 0 Å². The molecular formula is C18H29BrN2. The van der Waals surface area contributed by atoms with Gasteiger partial charge in [0.05, 0.1) is 0 Å². The van der Waals surface area contributed by atoms with Gasteiger partial charge in [-0.05, 0) is 55.3 Å². The first-order valence-electron chi connectivity index (χ1n) is 8.34. The smallest absolute Gasteiger partial charge is 0.0377 e. The highest BCUT2D eigenvalue weighted by Crippen LogP contribution is 2.32. The van der Waals surface area contributed by atoms with Crippen LogP contribution < -0.4 is 10.2 Å². The monoisotopic (exact) mass is 352 g/mol. The third-order valence-corrected chi connectivity index (χ3v) is 4.68. The fourth-order valence-corrected chi connectivity index (χ4v) is 3.09. The standard InChI is InChI=1S/C18H29BrN2/c1-4-9-21(13-15-5-6-15)17-8-7-16(18(19)10-17)12-20-11-14(2)3/h7-8,10,14-15,20H,4-6,9,11-13H2,1-3H3. The minimum Gasteiger partial charge on any atom is -0.371 e. The van der Waals surface area contributed by atoms with Gasteiger partial charge in [0, 0.05) is 29.8 Å². The summed E-state index contributed by atoms with van der Waals surface area (Å²) in [4.78, 5) is 2.55. The molecule has 1 N–H and O–H groups in total. The Morgan fingerprint density at radius 1 is 1.33 bits per heavy atom. The Morgan fingerprint density at radius 3 is 2.67 bits per heavy atom. The zero-order chi connectivity index (χ0) is 15.2. The molecule has 1 aliphatic rings. The lowest BCUT2D eigenvalue weighted by molar-refractivity contribution is 0.552. The van der Waals surface area contributed by atoms with Gasteiger partial charge in [-0.15, -0.1) is 0 Å². The molecule has 2 nitrogen and oxygen atoms in total. The molecule has 1 aromatic carbocycles. The fourth-order valence-electron chi connectivity index (χ4n) is 2.58. The molecule has 1 aliphatic carbocycles. The highest BCUT2D eigenvalue weighted by atomic mass is 79.9. The van der Waals surface area contributed by atoms with E-state index in [2.05, 4.69) is 65.1 Å². The Bertz CT molecular complexity index is 441. The minimum atomic E-state index is 0.696. The molecule has 1 fully saturated rings. The first-order chi connectivity index (χ1) is 10.1. The molecule has 0 heterocycles. The molecule has 1 saturated carbocycles. The van der Waals surface area contributed by atoms with E-state index in [1.807, 2.05) is 0 Å². The highest BCUT2D eigenvalue weighted by molar-refractivity contribution is 9.10. The maximum Gasteiger partial charge on any atom is 0.0377 e. The van der Waals surface area contributed by atoms with Gasteiger partial charge in [-0.25, -0.2) is 0 Å². The van der Waals surface area contributed by atoms with Crippen LogP contribution in [0.4, 0.5) is 5.69 Å². The molecule has 3 heteroatoms. The van der Waals surface area contributed by atoms with Crippen molar-refractivity contribution in [2.45, 2.75) is 46.6 Å². The maximum absolute atomic E-state index is 3.75. The Hall–Kier alpha value is -0.540. The van der Waals surface area contributed by atoms with Gasteiger partial charge >= 0.3 is 0 Å². The number of benzene rings is 1. The molecule has 0 unspecified atom stereocenters. The van der Waals surface area contributed by atoms with Crippen molar-refractivity contribution in [3.63, 3.8) is 0 Å². The molecular weight excluding hydrogens is 324 g/mol. The second kappa shape index (κ2) is 8.19. The molecule has 0 radical (unpaired) electrons. The van der Waals surface area contributed by atoms with Crippen LogP contribution in [0.5, 0.6) is 0 Å². The molecule has 0 saturated heterocycles. The Labute approximate surface area is 138 Å². The van der Waals surface area contributed by atoms with Crippen molar-refractivity contribution < 1.29 is 0 Å². The SMILES string of the molecule is CCCN(CC1CC1)c1ccc(CNCC(C)C)c(Br)c1. The van der Waals surface area contributed by atoms with E-state index in [-0.39, 0.29) is 0 Å². The first kappa shape index (κ1) is 16.8. The van der Waals surface area contributed by atoms with E-state index in [0.29, 0.717) is 5.92 Å². The normalized spacial score (nSPS) is 14.7. The quantitative estimate of drug-likeness (QED) is 0.685. The van der Waals surface area contributed by atoms with Gasteiger partial charge in [0.2, 0.25) is 0 Å². The molecule has 0 aliphatic heterocycles. The highest BCUT2D eigenvalue weighted by Gasteiger charge is 2.24. The van der Waals surface area contributed by atoms with E-state index < -0.39 is 0 Å². The molecule has 1 aromatic rings. The van der Waals surface area contributed by atoms with E-state index in [4.69, 9.17) is 0 Å². The van der Waals surface area contributed by atoms with Crippen LogP contribution in [-0.2, 0) is 6.54 Å². The molecule has 0 spiro atoms. The number of hydrogen-bond acceptors (Lipinski definition) is 2. The minimum absolute atomic E-state index is 0.696. The number of nitrogens with zero attached hydrogens (tertiary/aromatic N) is 1. The van der Waals surface area contributed by atoms with Crippen molar-refractivity contribution >= 4 is 21.6 Å². The van der Waals surface area contributed by atoms with Gasteiger partial charge < -0.3 is 10.2 Å². The van der Waals surface area contributed by atoms with E-state index >= 15 is 0 Å². The Balaban J connectivity index is 1.98. The summed E-state index contributed by atoms with van der Waals surface area (Å²) in [6, 6.07) is 6.85. The summed E-state index contributed by atoms with van der Waals surface area (Å²) in [6.45, 7) is 11.1. The van der Waals surface area contributed by atoms with Crippen LogP contribution in [0.1, 0.15) is 45.6 Å². The van der Waals surface area contributed by atoms with E-state index in [1.54, 1.807) is 0 Å². The lowest BCUT2D eigenvalue weighted by Crippen LogP contribution is -2.26. The number of anilines is 1. The molecule has 0 atom stereocenters. The first-order valence-corrected chi connectivity index (χ1v) is 9.13. The van der Waals surface area contributed by atoms with Crippen LogP contribution >= 0.6 is 15.9 Å². The second-order valence-corrected chi connectivity index (χ2v) is 7.54. The topological polar surface area (TPSA) is 15.3 Å². The predicted octanol–water partition coefficient (Wildman–Crippen LogP) is 4.82. The summed E-state index contributed by atoms with van der Waals surface area (Å²) >= 11 is 3.75. The number of nitrogens with one attached hydrogen (secondary N) is 1. The van der Waals surface area contributed by atoms with Gasteiger partial charge in [-0.2, -0.15) is 0 Å². The van der Waals surface area contributed by atoms with Crippen LogP contribution in [-0.4, -0.2) is 19.6 Å². The van der Waals surface area contributed by atoms with Gasteiger partial charge in [0.15, 0.2) is 0 Å². The molecule has 21 heavy (non-hydrogen) atoms. The van der Waals surface area contributed by atoms with Crippen LogP contribution in [0.15, 0.2) is 22.7 Å². The third kappa shape index (κ3) is 5.63. The number of hydrogen-bond donors (Lipinski definition) is 1. The average molecular weight is 353 g/mol. The summed E-state index contributed by atoms with van der Waals surface area (Å²) < 4.78 is 1.23. The number of rotatable bonds is 9. The second-order valence-electron chi connectivity index (χ2n) is 6.69. The summed E-state index contributed by atoms with van der Waals surface area (Å²) in [5.74, 6) is 1.63. The van der Waals surface area contributed by atoms with E-state index in [1.165, 1.54) is 41.5 Å². The molecule has 2 rings (SSSR count). The average Bonchev–Trinajstić information content (AvgIpc) is 3.24. The zero-order valence-corrected chi connectivity index (χ0v) is 15.2. The summed E-state index contributed by atoms with van der Waals surface area (Å²) in [5, 5.41) is 3.51. The predicted molar refractivity (Wildman–Crippen MR) is 95.9 cm³/mol. The molecule has 0 amide bonds. The summed E-state index contributed by atoms with van der Waals surface area (Å²) in [7, 11) is 0. The lowest BCUT2D eigenvalue weighted by atomic mass is 10.1. The maximum atomic E-state index is 3.75. The number of halogens is 1. The van der Waals surface area contributed by atoms with E-state index in [0.717, 1.165) is 25.6 Å². The molecule has 118 valence electrons.